The molecule has 2 aromatic carbocycles. The fourth-order valence-electron chi connectivity index (χ4n) is 4.37. The van der Waals surface area contributed by atoms with Crippen LogP contribution in [0, 0.1) is 5.92 Å². The van der Waals surface area contributed by atoms with E-state index < -0.39 is 0 Å². The predicted octanol–water partition coefficient (Wildman–Crippen LogP) is 4.04. The standard InChI is InChI=1S/C24H25ClN6O/c1-17-11-13-29(14-12-17)23(32)16-30-21(18-5-3-2-4-6-18)15-22(31-24(30)26-27-28-31)19-7-9-20(25)10-8-19/h2-10,15,17,22H,11-14,16H2,1H3. The summed E-state index contributed by atoms with van der Waals surface area (Å²) in [7, 11) is 0. The lowest BCUT2D eigenvalue weighted by Gasteiger charge is -2.35. The third kappa shape index (κ3) is 4.00. The summed E-state index contributed by atoms with van der Waals surface area (Å²) in [5.74, 6) is 1.32. The van der Waals surface area contributed by atoms with Crippen LogP contribution in [0.5, 0.6) is 0 Å². The average Bonchev–Trinajstić information content (AvgIpc) is 3.31. The Bertz CT molecular complexity index is 1120. The Labute approximate surface area is 192 Å². The maximum atomic E-state index is 13.2. The van der Waals surface area contributed by atoms with Crippen LogP contribution in [-0.2, 0) is 4.79 Å². The van der Waals surface area contributed by atoms with Gasteiger partial charge < -0.3 is 4.90 Å². The highest BCUT2D eigenvalue weighted by atomic mass is 35.5. The van der Waals surface area contributed by atoms with Crippen LogP contribution in [0.4, 0.5) is 5.95 Å². The summed E-state index contributed by atoms with van der Waals surface area (Å²) in [6.07, 6.45) is 4.21. The SMILES string of the molecule is CC1CCN(C(=O)CN2C(c3ccccc3)=CC(c3ccc(Cl)cc3)n3nnnc32)CC1. The van der Waals surface area contributed by atoms with Gasteiger partial charge >= 0.3 is 0 Å². The Balaban J connectivity index is 1.53. The molecule has 32 heavy (non-hydrogen) atoms. The van der Waals surface area contributed by atoms with Crippen molar-refractivity contribution in [1.82, 2.24) is 25.1 Å². The first-order valence-electron chi connectivity index (χ1n) is 11.0. The van der Waals surface area contributed by atoms with Crippen LogP contribution in [-0.4, -0.2) is 50.6 Å². The number of hydrogen-bond donors (Lipinski definition) is 0. The van der Waals surface area contributed by atoms with Crippen LogP contribution in [0.3, 0.4) is 0 Å². The van der Waals surface area contributed by atoms with Crippen molar-refractivity contribution in [2.75, 3.05) is 24.5 Å². The molecule has 5 rings (SSSR count). The van der Waals surface area contributed by atoms with Crippen molar-refractivity contribution in [3.8, 4) is 0 Å². The van der Waals surface area contributed by atoms with E-state index in [0.29, 0.717) is 16.9 Å². The van der Waals surface area contributed by atoms with Crippen molar-refractivity contribution in [2.24, 2.45) is 5.92 Å². The van der Waals surface area contributed by atoms with Gasteiger partial charge in [-0.05, 0) is 58.5 Å². The third-order valence-electron chi connectivity index (χ3n) is 6.30. The molecule has 7 nitrogen and oxygen atoms in total. The maximum absolute atomic E-state index is 13.2. The first-order valence-corrected chi connectivity index (χ1v) is 11.3. The van der Waals surface area contributed by atoms with Gasteiger partial charge in [-0.3, -0.25) is 9.69 Å². The quantitative estimate of drug-likeness (QED) is 0.602. The normalized spacial score (nSPS) is 18.9. The summed E-state index contributed by atoms with van der Waals surface area (Å²) in [5.41, 5.74) is 2.96. The van der Waals surface area contributed by atoms with E-state index >= 15 is 0 Å². The van der Waals surface area contributed by atoms with Crippen LogP contribution >= 0.6 is 11.6 Å². The highest BCUT2D eigenvalue weighted by Gasteiger charge is 2.33. The van der Waals surface area contributed by atoms with Gasteiger partial charge in [0.2, 0.25) is 5.91 Å². The summed E-state index contributed by atoms with van der Waals surface area (Å²) in [6.45, 7) is 4.05. The number of aromatic nitrogens is 4. The molecule has 8 heteroatoms. The highest BCUT2D eigenvalue weighted by molar-refractivity contribution is 6.30. The number of amides is 1. The maximum Gasteiger partial charge on any atom is 0.251 e. The zero-order chi connectivity index (χ0) is 22.1. The molecule has 3 aromatic rings. The number of fused-ring (bicyclic) bond motifs is 1. The first-order chi connectivity index (χ1) is 15.6. The number of allylic oxidation sites excluding steroid dienone is 1. The molecular weight excluding hydrogens is 424 g/mol. The molecule has 2 aliphatic heterocycles. The number of likely N-dealkylation sites (tertiary alicyclic amines) is 1. The monoisotopic (exact) mass is 448 g/mol. The van der Waals surface area contributed by atoms with Gasteiger partial charge in [0.25, 0.3) is 5.95 Å². The number of halogens is 1. The van der Waals surface area contributed by atoms with Crippen LogP contribution in [0.25, 0.3) is 5.70 Å². The Hall–Kier alpha value is -3.19. The molecule has 3 heterocycles. The Morgan fingerprint density at radius 2 is 1.78 bits per heavy atom. The molecule has 1 amide bonds. The molecule has 0 spiro atoms. The molecule has 1 fully saturated rings. The number of carbonyl (C=O) groups is 1. The number of anilines is 1. The topological polar surface area (TPSA) is 67.2 Å². The number of piperidine rings is 1. The molecule has 1 atom stereocenters. The molecule has 0 saturated carbocycles. The van der Waals surface area contributed by atoms with Crippen molar-refractivity contribution >= 4 is 29.2 Å². The van der Waals surface area contributed by atoms with Gasteiger partial charge in [-0.15, -0.1) is 0 Å². The van der Waals surface area contributed by atoms with Crippen molar-refractivity contribution in [1.29, 1.82) is 0 Å². The number of benzene rings is 2. The van der Waals surface area contributed by atoms with E-state index in [9.17, 15) is 4.79 Å². The number of tetrazole rings is 1. The number of hydrogen-bond acceptors (Lipinski definition) is 5. The molecule has 0 bridgehead atoms. The molecule has 1 saturated heterocycles. The zero-order valence-electron chi connectivity index (χ0n) is 17.9. The fourth-order valence-corrected chi connectivity index (χ4v) is 4.50. The molecule has 0 N–H and O–H groups in total. The molecular formula is C24H25ClN6O. The first kappa shape index (κ1) is 20.7. The summed E-state index contributed by atoms with van der Waals surface area (Å²) < 4.78 is 1.77. The minimum atomic E-state index is -0.199. The summed E-state index contributed by atoms with van der Waals surface area (Å²) in [4.78, 5) is 17.1. The Kier molecular flexibility index (Phi) is 5.66. The van der Waals surface area contributed by atoms with E-state index in [-0.39, 0.29) is 18.5 Å². The van der Waals surface area contributed by atoms with Gasteiger partial charge in [0.1, 0.15) is 12.6 Å². The van der Waals surface area contributed by atoms with Gasteiger partial charge in [0.05, 0.1) is 5.70 Å². The van der Waals surface area contributed by atoms with E-state index in [2.05, 4.69) is 28.5 Å². The highest BCUT2D eigenvalue weighted by Crippen LogP contribution is 2.36. The predicted molar refractivity (Wildman–Crippen MR) is 124 cm³/mol. The number of rotatable bonds is 4. The average molecular weight is 449 g/mol. The lowest BCUT2D eigenvalue weighted by atomic mass is 9.99. The molecule has 164 valence electrons. The van der Waals surface area contributed by atoms with Gasteiger partial charge in [-0.2, -0.15) is 4.68 Å². The summed E-state index contributed by atoms with van der Waals surface area (Å²) >= 11 is 6.10. The molecule has 1 aromatic heterocycles. The van der Waals surface area contributed by atoms with Crippen molar-refractivity contribution < 1.29 is 4.79 Å². The van der Waals surface area contributed by atoms with E-state index in [1.807, 2.05) is 64.4 Å². The van der Waals surface area contributed by atoms with E-state index in [4.69, 9.17) is 11.6 Å². The van der Waals surface area contributed by atoms with Crippen LogP contribution in [0.2, 0.25) is 5.02 Å². The number of carbonyl (C=O) groups excluding carboxylic acids is 1. The van der Waals surface area contributed by atoms with Crippen molar-refractivity contribution in [3.63, 3.8) is 0 Å². The van der Waals surface area contributed by atoms with Crippen LogP contribution in [0.1, 0.15) is 36.9 Å². The van der Waals surface area contributed by atoms with Crippen molar-refractivity contribution in [3.05, 3.63) is 76.8 Å². The second-order valence-electron chi connectivity index (χ2n) is 8.49. The lowest BCUT2D eigenvalue weighted by Crippen LogP contribution is -2.45. The zero-order valence-corrected chi connectivity index (χ0v) is 18.7. The van der Waals surface area contributed by atoms with E-state index in [0.717, 1.165) is 42.8 Å². The second kappa shape index (κ2) is 8.74. The van der Waals surface area contributed by atoms with Crippen LogP contribution in [0.15, 0.2) is 60.7 Å². The van der Waals surface area contributed by atoms with E-state index in [1.54, 1.807) is 4.68 Å². The molecule has 2 aliphatic rings. The summed E-state index contributed by atoms with van der Waals surface area (Å²) in [5, 5.41) is 13.2. The van der Waals surface area contributed by atoms with Gasteiger partial charge in [0.15, 0.2) is 0 Å². The van der Waals surface area contributed by atoms with Gasteiger partial charge in [-0.1, -0.05) is 66.1 Å². The lowest BCUT2D eigenvalue weighted by molar-refractivity contribution is -0.130. The molecule has 1 unspecified atom stereocenters. The van der Waals surface area contributed by atoms with E-state index in [1.165, 1.54) is 0 Å². The van der Waals surface area contributed by atoms with Gasteiger partial charge in [0, 0.05) is 18.1 Å². The second-order valence-corrected chi connectivity index (χ2v) is 8.92. The largest absolute Gasteiger partial charge is 0.341 e. The Morgan fingerprint density at radius 3 is 2.50 bits per heavy atom. The smallest absolute Gasteiger partial charge is 0.251 e. The third-order valence-corrected chi connectivity index (χ3v) is 6.55. The minimum absolute atomic E-state index is 0.0956. The number of nitrogens with zero attached hydrogens (tertiary/aromatic N) is 6. The Morgan fingerprint density at radius 1 is 1.06 bits per heavy atom. The summed E-state index contributed by atoms with van der Waals surface area (Å²) in [6, 6.07) is 17.6. The fraction of sp³-hybridized carbons (Fsp3) is 0.333. The molecule has 0 aliphatic carbocycles. The minimum Gasteiger partial charge on any atom is -0.341 e. The van der Waals surface area contributed by atoms with Crippen molar-refractivity contribution in [2.45, 2.75) is 25.8 Å². The molecule has 0 radical (unpaired) electrons. The van der Waals surface area contributed by atoms with Gasteiger partial charge in [-0.25, -0.2) is 0 Å². The van der Waals surface area contributed by atoms with Crippen LogP contribution < -0.4 is 4.90 Å².